The van der Waals surface area contributed by atoms with Crippen LogP contribution >= 0.6 is 0 Å². The van der Waals surface area contributed by atoms with Gasteiger partial charge in [0, 0.05) is 34.4 Å². The van der Waals surface area contributed by atoms with Crippen LogP contribution in [0.5, 0.6) is 0 Å². The van der Waals surface area contributed by atoms with E-state index >= 15 is 0 Å². The van der Waals surface area contributed by atoms with Gasteiger partial charge in [-0.2, -0.15) is 0 Å². The zero-order valence-corrected chi connectivity index (χ0v) is 15.0. The van der Waals surface area contributed by atoms with Crippen molar-refractivity contribution in [2.24, 2.45) is 5.73 Å². The Labute approximate surface area is 149 Å². The van der Waals surface area contributed by atoms with Gasteiger partial charge in [0.2, 0.25) is 0 Å². The number of nitrogens with zero attached hydrogens (tertiary/aromatic N) is 3. The second kappa shape index (κ2) is 7.53. The van der Waals surface area contributed by atoms with Crippen LogP contribution in [0.25, 0.3) is 0 Å². The molecule has 25 heavy (non-hydrogen) atoms. The molecule has 0 saturated carbocycles. The SMILES string of the molecule is Cc1cccc(CC(c2cccc(C)n2)C(N)c2cccc(C)n2)n1. The highest BCUT2D eigenvalue weighted by molar-refractivity contribution is 5.24. The lowest BCUT2D eigenvalue weighted by molar-refractivity contribution is 0.520. The molecule has 4 heteroatoms. The Bertz CT molecular complexity index is 860. The Morgan fingerprint density at radius 2 is 1.24 bits per heavy atom. The van der Waals surface area contributed by atoms with Gasteiger partial charge in [-0.05, 0) is 63.6 Å². The molecule has 128 valence electrons. The van der Waals surface area contributed by atoms with Crippen molar-refractivity contribution in [1.29, 1.82) is 0 Å². The van der Waals surface area contributed by atoms with E-state index in [1.807, 2.05) is 75.4 Å². The van der Waals surface area contributed by atoms with E-state index in [0.717, 1.165) is 40.6 Å². The molecule has 0 fully saturated rings. The largest absolute Gasteiger partial charge is 0.322 e. The standard InChI is InChI=1S/C21H24N4/c1-14-7-4-10-17(23-14)13-18(19-11-5-8-15(2)24-19)21(22)20-12-6-9-16(3)25-20/h4-12,18,21H,13,22H2,1-3H3. The summed E-state index contributed by atoms with van der Waals surface area (Å²) in [7, 11) is 0. The fourth-order valence-corrected chi connectivity index (χ4v) is 3.08. The Balaban J connectivity index is 1.99. The maximum atomic E-state index is 6.65. The maximum absolute atomic E-state index is 6.65. The van der Waals surface area contributed by atoms with Gasteiger partial charge in [-0.15, -0.1) is 0 Å². The van der Waals surface area contributed by atoms with Crippen molar-refractivity contribution in [3.63, 3.8) is 0 Å². The summed E-state index contributed by atoms with van der Waals surface area (Å²) in [6, 6.07) is 17.9. The van der Waals surface area contributed by atoms with Crippen LogP contribution in [0.4, 0.5) is 0 Å². The second-order valence-corrected chi connectivity index (χ2v) is 6.51. The van der Waals surface area contributed by atoms with Crippen molar-refractivity contribution in [2.75, 3.05) is 0 Å². The highest BCUT2D eigenvalue weighted by Crippen LogP contribution is 2.30. The monoisotopic (exact) mass is 332 g/mol. The van der Waals surface area contributed by atoms with Crippen LogP contribution < -0.4 is 5.73 Å². The van der Waals surface area contributed by atoms with Gasteiger partial charge in [0.15, 0.2) is 0 Å². The summed E-state index contributed by atoms with van der Waals surface area (Å²) in [6.45, 7) is 5.99. The summed E-state index contributed by atoms with van der Waals surface area (Å²) in [5.74, 6) is 0.0171. The third-order valence-corrected chi connectivity index (χ3v) is 4.35. The Hall–Kier alpha value is -2.59. The quantitative estimate of drug-likeness (QED) is 0.771. The first-order valence-corrected chi connectivity index (χ1v) is 8.58. The molecule has 0 aliphatic carbocycles. The van der Waals surface area contributed by atoms with Crippen molar-refractivity contribution in [3.8, 4) is 0 Å². The van der Waals surface area contributed by atoms with E-state index in [9.17, 15) is 0 Å². The van der Waals surface area contributed by atoms with Crippen molar-refractivity contribution in [1.82, 2.24) is 15.0 Å². The second-order valence-electron chi connectivity index (χ2n) is 6.51. The average Bonchev–Trinajstić information content (AvgIpc) is 2.59. The average molecular weight is 332 g/mol. The fraction of sp³-hybridized carbons (Fsp3) is 0.286. The number of hydrogen-bond donors (Lipinski definition) is 1. The first kappa shape index (κ1) is 17.2. The molecule has 0 bridgehead atoms. The molecule has 0 spiro atoms. The molecule has 0 amide bonds. The third kappa shape index (κ3) is 4.28. The lowest BCUT2D eigenvalue weighted by Gasteiger charge is -2.24. The first-order valence-electron chi connectivity index (χ1n) is 8.58. The zero-order chi connectivity index (χ0) is 17.8. The van der Waals surface area contributed by atoms with Crippen LogP contribution in [-0.4, -0.2) is 15.0 Å². The lowest BCUT2D eigenvalue weighted by Crippen LogP contribution is -2.24. The maximum Gasteiger partial charge on any atom is 0.0581 e. The van der Waals surface area contributed by atoms with E-state index in [1.165, 1.54) is 0 Å². The number of rotatable bonds is 5. The van der Waals surface area contributed by atoms with Gasteiger partial charge in [-0.1, -0.05) is 18.2 Å². The topological polar surface area (TPSA) is 64.7 Å². The van der Waals surface area contributed by atoms with E-state index in [0.29, 0.717) is 0 Å². The molecule has 0 saturated heterocycles. The van der Waals surface area contributed by atoms with Crippen molar-refractivity contribution in [2.45, 2.75) is 39.2 Å². The van der Waals surface area contributed by atoms with Gasteiger partial charge in [-0.3, -0.25) is 15.0 Å². The minimum Gasteiger partial charge on any atom is -0.322 e. The molecule has 0 radical (unpaired) electrons. The fourth-order valence-electron chi connectivity index (χ4n) is 3.08. The van der Waals surface area contributed by atoms with Gasteiger partial charge < -0.3 is 5.73 Å². The van der Waals surface area contributed by atoms with E-state index in [2.05, 4.69) is 9.97 Å². The van der Waals surface area contributed by atoms with E-state index in [4.69, 9.17) is 10.7 Å². The normalized spacial score (nSPS) is 13.4. The summed E-state index contributed by atoms with van der Waals surface area (Å²) in [4.78, 5) is 14.0. The van der Waals surface area contributed by atoms with Crippen molar-refractivity contribution in [3.05, 3.63) is 88.8 Å². The Kier molecular flexibility index (Phi) is 5.19. The molecular weight excluding hydrogens is 308 g/mol. The molecule has 0 aliphatic heterocycles. The van der Waals surface area contributed by atoms with E-state index < -0.39 is 0 Å². The van der Waals surface area contributed by atoms with Gasteiger partial charge in [0.25, 0.3) is 0 Å². The summed E-state index contributed by atoms with van der Waals surface area (Å²) >= 11 is 0. The summed E-state index contributed by atoms with van der Waals surface area (Å²) in [5.41, 5.74) is 12.5. The molecule has 4 nitrogen and oxygen atoms in total. The first-order chi connectivity index (χ1) is 12.0. The van der Waals surface area contributed by atoms with Crippen LogP contribution in [-0.2, 0) is 6.42 Å². The summed E-state index contributed by atoms with van der Waals surface area (Å²) in [6.07, 6.45) is 0.731. The van der Waals surface area contributed by atoms with Crippen LogP contribution in [0.3, 0.4) is 0 Å². The van der Waals surface area contributed by atoms with Crippen molar-refractivity contribution >= 4 is 0 Å². The molecular formula is C21H24N4. The third-order valence-electron chi connectivity index (χ3n) is 4.35. The number of aromatic nitrogens is 3. The minimum absolute atomic E-state index is 0.0171. The lowest BCUT2D eigenvalue weighted by atomic mass is 9.88. The molecule has 2 N–H and O–H groups in total. The molecule has 0 aromatic carbocycles. The van der Waals surface area contributed by atoms with Crippen LogP contribution in [0.2, 0.25) is 0 Å². The van der Waals surface area contributed by atoms with Crippen LogP contribution in [0, 0.1) is 20.8 Å². The Morgan fingerprint density at radius 1 is 0.720 bits per heavy atom. The van der Waals surface area contributed by atoms with Gasteiger partial charge in [-0.25, -0.2) is 0 Å². The summed E-state index contributed by atoms with van der Waals surface area (Å²) in [5, 5.41) is 0. The molecule has 3 aromatic heterocycles. The smallest absolute Gasteiger partial charge is 0.0581 e. The zero-order valence-electron chi connectivity index (χ0n) is 15.0. The molecule has 2 atom stereocenters. The van der Waals surface area contributed by atoms with Gasteiger partial charge in [0.1, 0.15) is 0 Å². The molecule has 3 aromatic rings. The number of nitrogens with two attached hydrogens (primary N) is 1. The molecule has 3 rings (SSSR count). The van der Waals surface area contributed by atoms with Crippen molar-refractivity contribution < 1.29 is 0 Å². The predicted molar refractivity (Wildman–Crippen MR) is 100 cm³/mol. The van der Waals surface area contributed by atoms with Crippen LogP contribution in [0.15, 0.2) is 54.6 Å². The molecule has 2 unspecified atom stereocenters. The van der Waals surface area contributed by atoms with E-state index in [1.54, 1.807) is 0 Å². The number of hydrogen-bond acceptors (Lipinski definition) is 4. The van der Waals surface area contributed by atoms with Gasteiger partial charge >= 0.3 is 0 Å². The van der Waals surface area contributed by atoms with Gasteiger partial charge in [0.05, 0.1) is 11.7 Å². The number of aryl methyl sites for hydroxylation is 3. The highest BCUT2D eigenvalue weighted by atomic mass is 14.8. The molecule has 3 heterocycles. The Morgan fingerprint density at radius 3 is 1.84 bits per heavy atom. The van der Waals surface area contributed by atoms with Crippen LogP contribution in [0.1, 0.15) is 46.1 Å². The van der Waals surface area contributed by atoms with E-state index in [-0.39, 0.29) is 12.0 Å². The minimum atomic E-state index is -0.239. The predicted octanol–water partition coefficient (Wildman–Crippen LogP) is 3.82. The summed E-state index contributed by atoms with van der Waals surface area (Å²) < 4.78 is 0. The highest BCUT2D eigenvalue weighted by Gasteiger charge is 2.25. The number of pyridine rings is 3. The molecule has 0 aliphatic rings.